The summed E-state index contributed by atoms with van der Waals surface area (Å²) in [4.78, 5) is 0. The lowest BCUT2D eigenvalue weighted by Gasteiger charge is -2.10. The average Bonchev–Trinajstić information content (AvgIpc) is 2.59. The average molecular weight is 247 g/mol. The maximum atomic E-state index is 6.02. The van der Waals surface area contributed by atoms with E-state index in [1.54, 1.807) is 0 Å². The lowest BCUT2D eigenvalue weighted by atomic mass is 10.1. The van der Waals surface area contributed by atoms with Gasteiger partial charge in [0.1, 0.15) is 0 Å². The highest BCUT2D eigenvalue weighted by atomic mass is 35.5. The lowest BCUT2D eigenvalue weighted by molar-refractivity contribution is 0.824. The van der Waals surface area contributed by atoms with Crippen LogP contribution in [0.3, 0.4) is 0 Å². The summed E-state index contributed by atoms with van der Waals surface area (Å²) in [5, 5.41) is 5.24. The van der Waals surface area contributed by atoms with Gasteiger partial charge in [-0.25, -0.2) is 4.68 Å². The van der Waals surface area contributed by atoms with Crippen LogP contribution in [0.4, 0.5) is 0 Å². The maximum Gasteiger partial charge on any atom is 0.0684 e. The molecular formula is C14H15ClN2. The Morgan fingerprint density at radius 3 is 2.71 bits per heavy atom. The van der Waals surface area contributed by atoms with Crippen LogP contribution in [0.5, 0.6) is 0 Å². The van der Waals surface area contributed by atoms with Crippen LogP contribution in [0.2, 0.25) is 5.02 Å². The van der Waals surface area contributed by atoms with Gasteiger partial charge in [0.25, 0.3) is 0 Å². The predicted octanol–water partition coefficient (Wildman–Crippen LogP) is 3.87. The van der Waals surface area contributed by atoms with Gasteiger partial charge in [0.2, 0.25) is 0 Å². The maximum absolute atomic E-state index is 6.02. The van der Waals surface area contributed by atoms with Crippen molar-refractivity contribution < 1.29 is 0 Å². The Morgan fingerprint density at radius 1 is 1.35 bits per heavy atom. The van der Waals surface area contributed by atoms with Crippen LogP contribution in [-0.2, 0) is 6.42 Å². The number of hydrogen-bond donors (Lipinski definition) is 0. The fraction of sp³-hybridized carbons (Fsp3) is 0.214. The number of nitrogens with zero attached hydrogens (tertiary/aromatic N) is 2. The first-order valence-corrected chi connectivity index (χ1v) is 5.92. The topological polar surface area (TPSA) is 17.8 Å². The number of allylic oxidation sites excluding steroid dienone is 1. The summed E-state index contributed by atoms with van der Waals surface area (Å²) in [5.41, 5.74) is 4.34. The second-order valence-electron chi connectivity index (χ2n) is 4.10. The zero-order chi connectivity index (χ0) is 12.4. The zero-order valence-corrected chi connectivity index (χ0v) is 10.8. The summed E-state index contributed by atoms with van der Waals surface area (Å²) in [6, 6.07) is 7.92. The van der Waals surface area contributed by atoms with Crippen molar-refractivity contribution in [3.05, 3.63) is 58.9 Å². The fourth-order valence-electron chi connectivity index (χ4n) is 1.95. The molecule has 1 aromatic heterocycles. The molecule has 0 bridgehead atoms. The van der Waals surface area contributed by atoms with Crippen LogP contribution in [0.15, 0.2) is 36.9 Å². The highest BCUT2D eigenvalue weighted by Crippen LogP contribution is 2.21. The van der Waals surface area contributed by atoms with Gasteiger partial charge in [-0.15, -0.1) is 6.58 Å². The van der Waals surface area contributed by atoms with Crippen molar-refractivity contribution in [2.75, 3.05) is 0 Å². The molecule has 1 heterocycles. The number of aromatic nitrogens is 2. The Hall–Kier alpha value is -1.54. The molecule has 0 saturated carbocycles. The van der Waals surface area contributed by atoms with Crippen molar-refractivity contribution in [3.63, 3.8) is 0 Å². The van der Waals surface area contributed by atoms with Gasteiger partial charge in [-0.1, -0.05) is 17.7 Å². The molecule has 17 heavy (non-hydrogen) atoms. The minimum Gasteiger partial charge on any atom is -0.238 e. The van der Waals surface area contributed by atoms with E-state index in [0.29, 0.717) is 0 Å². The number of benzene rings is 1. The molecule has 0 aliphatic carbocycles. The van der Waals surface area contributed by atoms with Gasteiger partial charge in [0.05, 0.1) is 11.4 Å². The fourth-order valence-corrected chi connectivity index (χ4v) is 2.15. The van der Waals surface area contributed by atoms with Gasteiger partial charge in [0, 0.05) is 10.7 Å². The van der Waals surface area contributed by atoms with E-state index < -0.39 is 0 Å². The molecule has 2 aromatic rings. The number of hydrogen-bond acceptors (Lipinski definition) is 1. The Balaban J connectivity index is 2.58. The van der Waals surface area contributed by atoms with Gasteiger partial charge in [-0.3, -0.25) is 0 Å². The molecule has 0 aliphatic rings. The van der Waals surface area contributed by atoms with E-state index in [4.69, 9.17) is 11.6 Å². The van der Waals surface area contributed by atoms with Gasteiger partial charge in [0.15, 0.2) is 0 Å². The van der Waals surface area contributed by atoms with E-state index in [2.05, 4.69) is 17.7 Å². The summed E-state index contributed by atoms with van der Waals surface area (Å²) in [7, 11) is 0. The van der Waals surface area contributed by atoms with Gasteiger partial charge < -0.3 is 0 Å². The molecule has 2 nitrogen and oxygen atoms in total. The highest BCUT2D eigenvalue weighted by Gasteiger charge is 2.08. The van der Waals surface area contributed by atoms with Crippen LogP contribution < -0.4 is 0 Å². The van der Waals surface area contributed by atoms with Crippen molar-refractivity contribution in [2.24, 2.45) is 0 Å². The molecule has 0 saturated heterocycles. The van der Waals surface area contributed by atoms with E-state index in [1.807, 2.05) is 42.8 Å². The summed E-state index contributed by atoms with van der Waals surface area (Å²) in [6.07, 6.45) is 2.66. The van der Waals surface area contributed by atoms with E-state index >= 15 is 0 Å². The van der Waals surface area contributed by atoms with Crippen molar-refractivity contribution in [2.45, 2.75) is 20.3 Å². The Bertz CT molecular complexity index is 555. The van der Waals surface area contributed by atoms with Crippen molar-refractivity contribution in [3.8, 4) is 5.69 Å². The third-order valence-corrected chi connectivity index (χ3v) is 2.88. The van der Waals surface area contributed by atoms with Gasteiger partial charge in [-0.05, 0) is 50.1 Å². The Morgan fingerprint density at radius 2 is 2.12 bits per heavy atom. The standard InChI is InChI=1S/C14H15ClN2/c1-4-5-12-9-13(15)6-7-14(12)17-11(3)8-10(2)16-17/h4,6-9H,1,5H2,2-3H3. The van der Waals surface area contributed by atoms with Crippen LogP contribution >= 0.6 is 11.6 Å². The van der Waals surface area contributed by atoms with Gasteiger partial charge >= 0.3 is 0 Å². The van der Waals surface area contributed by atoms with Crippen LogP contribution in [-0.4, -0.2) is 9.78 Å². The second kappa shape index (κ2) is 4.76. The summed E-state index contributed by atoms with van der Waals surface area (Å²) < 4.78 is 1.95. The first-order chi connectivity index (χ1) is 8.11. The molecule has 0 fully saturated rings. The molecular weight excluding hydrogens is 232 g/mol. The first kappa shape index (κ1) is 11.9. The summed E-state index contributed by atoms with van der Waals surface area (Å²) in [5.74, 6) is 0. The molecule has 88 valence electrons. The summed E-state index contributed by atoms with van der Waals surface area (Å²) >= 11 is 6.02. The third-order valence-electron chi connectivity index (χ3n) is 2.64. The second-order valence-corrected chi connectivity index (χ2v) is 4.54. The van der Waals surface area contributed by atoms with E-state index in [-0.39, 0.29) is 0 Å². The molecule has 3 heteroatoms. The minimum atomic E-state index is 0.743. The third kappa shape index (κ3) is 2.42. The van der Waals surface area contributed by atoms with Crippen molar-refractivity contribution in [1.82, 2.24) is 9.78 Å². The molecule has 0 atom stereocenters. The van der Waals surface area contributed by atoms with E-state index in [1.165, 1.54) is 0 Å². The molecule has 0 aliphatic heterocycles. The normalized spacial score (nSPS) is 10.5. The van der Waals surface area contributed by atoms with Crippen LogP contribution in [0.25, 0.3) is 5.69 Å². The lowest BCUT2D eigenvalue weighted by Crippen LogP contribution is -2.03. The molecule has 2 rings (SSSR count). The SMILES string of the molecule is C=CCc1cc(Cl)ccc1-n1nc(C)cc1C. The smallest absolute Gasteiger partial charge is 0.0684 e. The predicted molar refractivity (Wildman–Crippen MR) is 71.9 cm³/mol. The molecule has 0 N–H and O–H groups in total. The molecule has 0 amide bonds. The van der Waals surface area contributed by atoms with Crippen LogP contribution in [0, 0.1) is 13.8 Å². The van der Waals surface area contributed by atoms with Crippen molar-refractivity contribution in [1.29, 1.82) is 0 Å². The quantitative estimate of drug-likeness (QED) is 0.752. The van der Waals surface area contributed by atoms with Gasteiger partial charge in [-0.2, -0.15) is 5.10 Å². The summed E-state index contributed by atoms with van der Waals surface area (Å²) in [6.45, 7) is 7.82. The van der Waals surface area contributed by atoms with Crippen LogP contribution in [0.1, 0.15) is 17.0 Å². The highest BCUT2D eigenvalue weighted by molar-refractivity contribution is 6.30. The number of rotatable bonds is 3. The number of halogens is 1. The molecule has 0 spiro atoms. The minimum absolute atomic E-state index is 0.743. The first-order valence-electron chi connectivity index (χ1n) is 5.55. The number of aryl methyl sites for hydroxylation is 2. The molecule has 0 unspecified atom stereocenters. The monoisotopic (exact) mass is 246 g/mol. The Kier molecular flexibility index (Phi) is 3.34. The van der Waals surface area contributed by atoms with E-state index in [0.717, 1.165) is 34.1 Å². The Labute approximate surface area is 107 Å². The van der Waals surface area contributed by atoms with Crippen molar-refractivity contribution >= 4 is 11.6 Å². The zero-order valence-electron chi connectivity index (χ0n) is 10.1. The molecule has 0 radical (unpaired) electrons. The largest absolute Gasteiger partial charge is 0.238 e. The molecule has 1 aromatic carbocycles. The van der Waals surface area contributed by atoms with E-state index in [9.17, 15) is 0 Å².